The van der Waals surface area contributed by atoms with Crippen LogP contribution in [0.15, 0.2) is 0 Å². The molecule has 5 heteroatoms. The molecule has 0 unspecified atom stereocenters. The van der Waals surface area contributed by atoms with Crippen molar-refractivity contribution in [1.82, 2.24) is 5.32 Å². The van der Waals surface area contributed by atoms with Gasteiger partial charge in [0, 0.05) is 6.42 Å². The van der Waals surface area contributed by atoms with Gasteiger partial charge in [0.05, 0.1) is 18.2 Å². The van der Waals surface area contributed by atoms with Gasteiger partial charge >= 0.3 is 6.09 Å². The Kier molecular flexibility index (Phi) is 2.39. The van der Waals surface area contributed by atoms with Crippen LogP contribution >= 0.6 is 0 Å². The predicted molar refractivity (Wildman–Crippen MR) is 52.4 cm³/mol. The van der Waals surface area contributed by atoms with E-state index in [9.17, 15) is 9.90 Å². The second-order valence-corrected chi connectivity index (χ2v) is 5.11. The fourth-order valence-electron chi connectivity index (χ4n) is 1.89. The van der Waals surface area contributed by atoms with E-state index in [2.05, 4.69) is 5.32 Å². The van der Waals surface area contributed by atoms with Crippen molar-refractivity contribution >= 4 is 6.09 Å². The number of aliphatic hydroxyl groups excluding tert-OH is 1. The lowest BCUT2D eigenvalue weighted by molar-refractivity contribution is 0.0377. The number of aliphatic hydroxyl groups is 1. The van der Waals surface area contributed by atoms with Gasteiger partial charge in [-0.15, -0.1) is 0 Å². The molecule has 0 bridgehead atoms. The number of carbonyl (C=O) groups is 1. The van der Waals surface area contributed by atoms with Crippen LogP contribution in [0, 0.1) is 0 Å². The van der Waals surface area contributed by atoms with Crippen molar-refractivity contribution in [2.24, 2.45) is 0 Å². The fraction of sp³-hybridized carbons (Fsp3) is 0.900. The summed E-state index contributed by atoms with van der Waals surface area (Å²) in [6.07, 6.45) is -0.304. The van der Waals surface area contributed by atoms with Crippen molar-refractivity contribution < 1.29 is 19.4 Å². The van der Waals surface area contributed by atoms with Crippen LogP contribution < -0.4 is 5.32 Å². The van der Waals surface area contributed by atoms with E-state index in [4.69, 9.17) is 9.47 Å². The van der Waals surface area contributed by atoms with Gasteiger partial charge in [0.15, 0.2) is 0 Å². The third kappa shape index (κ3) is 2.41. The maximum absolute atomic E-state index is 11.4. The lowest BCUT2D eigenvalue weighted by Gasteiger charge is -2.23. The van der Waals surface area contributed by atoms with Crippen molar-refractivity contribution in [3.05, 3.63) is 0 Å². The van der Waals surface area contributed by atoms with Crippen molar-refractivity contribution in [1.29, 1.82) is 0 Å². The average Bonchev–Trinajstić information content (AvgIpc) is 2.70. The van der Waals surface area contributed by atoms with Gasteiger partial charge in [-0.2, -0.15) is 0 Å². The fourth-order valence-corrected chi connectivity index (χ4v) is 1.89. The highest BCUT2D eigenvalue weighted by molar-refractivity contribution is 5.68. The lowest BCUT2D eigenvalue weighted by atomic mass is 10.2. The van der Waals surface area contributed by atoms with Gasteiger partial charge in [-0.3, -0.25) is 0 Å². The molecule has 2 fully saturated rings. The second-order valence-electron chi connectivity index (χ2n) is 5.11. The van der Waals surface area contributed by atoms with E-state index >= 15 is 0 Å². The van der Waals surface area contributed by atoms with Gasteiger partial charge in [-0.25, -0.2) is 4.79 Å². The second kappa shape index (κ2) is 3.35. The summed E-state index contributed by atoms with van der Waals surface area (Å²) >= 11 is 0. The molecular weight excluding hydrogens is 198 g/mol. The van der Waals surface area contributed by atoms with Crippen molar-refractivity contribution in [2.45, 2.75) is 57.1 Å². The number of carbonyl (C=O) groups excluding carboxylic acids is 1. The summed E-state index contributed by atoms with van der Waals surface area (Å²) in [5, 5.41) is 12.2. The summed E-state index contributed by atoms with van der Waals surface area (Å²) in [5.74, 6) is 0. The molecule has 15 heavy (non-hydrogen) atoms. The molecule has 1 aliphatic heterocycles. The first-order valence-corrected chi connectivity index (χ1v) is 5.20. The Morgan fingerprint density at radius 3 is 2.67 bits per heavy atom. The average molecular weight is 215 g/mol. The van der Waals surface area contributed by atoms with Crippen LogP contribution in [0.4, 0.5) is 4.79 Å². The minimum Gasteiger partial charge on any atom is -0.444 e. The molecule has 1 amide bonds. The molecule has 2 N–H and O–H groups in total. The third-order valence-corrected chi connectivity index (χ3v) is 2.55. The van der Waals surface area contributed by atoms with E-state index in [0.717, 1.165) is 0 Å². The zero-order valence-corrected chi connectivity index (χ0v) is 9.19. The van der Waals surface area contributed by atoms with Gasteiger partial charge in [-0.1, -0.05) is 0 Å². The molecule has 1 saturated carbocycles. The largest absolute Gasteiger partial charge is 0.444 e. The van der Waals surface area contributed by atoms with E-state index in [1.807, 2.05) is 0 Å². The summed E-state index contributed by atoms with van der Waals surface area (Å²) in [4.78, 5) is 11.4. The first kappa shape index (κ1) is 10.7. The summed E-state index contributed by atoms with van der Waals surface area (Å²) in [7, 11) is 0. The van der Waals surface area contributed by atoms with Crippen LogP contribution in [0.5, 0.6) is 0 Å². The molecule has 86 valence electrons. The van der Waals surface area contributed by atoms with Crippen LogP contribution in [-0.4, -0.2) is 41.2 Å². The van der Waals surface area contributed by atoms with Gasteiger partial charge in [0.25, 0.3) is 0 Å². The Morgan fingerprint density at radius 2 is 2.20 bits per heavy atom. The summed E-state index contributed by atoms with van der Waals surface area (Å²) in [6, 6.07) is -0.315. The molecular formula is C10H17NO4. The predicted octanol–water partition coefficient (Wildman–Crippen LogP) is 0.412. The maximum Gasteiger partial charge on any atom is 0.408 e. The molecule has 0 aromatic rings. The number of nitrogens with one attached hydrogen (secondary N) is 1. The molecule has 0 spiro atoms. The number of rotatable bonds is 1. The van der Waals surface area contributed by atoms with Gasteiger partial charge in [0.2, 0.25) is 0 Å². The van der Waals surface area contributed by atoms with Crippen LogP contribution in [-0.2, 0) is 9.47 Å². The molecule has 1 heterocycles. The van der Waals surface area contributed by atoms with Crippen molar-refractivity contribution in [3.8, 4) is 0 Å². The van der Waals surface area contributed by atoms with E-state index < -0.39 is 17.8 Å². The third-order valence-electron chi connectivity index (χ3n) is 2.55. The summed E-state index contributed by atoms with van der Waals surface area (Å²) in [6.45, 7) is 5.40. The van der Waals surface area contributed by atoms with Crippen molar-refractivity contribution in [2.75, 3.05) is 0 Å². The SMILES string of the molecule is CC(C)(C)OC(=O)N[C@@H]1[C@@H]2O[C@@H]2C[C@H]1O. The highest BCUT2D eigenvalue weighted by Gasteiger charge is 2.56. The number of epoxide rings is 1. The Morgan fingerprint density at radius 1 is 1.53 bits per heavy atom. The Bertz CT molecular complexity index is 271. The molecule has 0 aromatic heterocycles. The topological polar surface area (TPSA) is 71.1 Å². The van der Waals surface area contributed by atoms with E-state index in [-0.39, 0.29) is 18.2 Å². The van der Waals surface area contributed by atoms with Crippen LogP contribution in [0.3, 0.4) is 0 Å². The molecule has 2 aliphatic rings. The van der Waals surface area contributed by atoms with E-state index in [1.165, 1.54) is 0 Å². The van der Waals surface area contributed by atoms with Crippen LogP contribution in [0.25, 0.3) is 0 Å². The highest BCUT2D eigenvalue weighted by atomic mass is 16.6. The molecule has 0 radical (unpaired) electrons. The van der Waals surface area contributed by atoms with Crippen molar-refractivity contribution in [3.63, 3.8) is 0 Å². The Hall–Kier alpha value is -0.810. The van der Waals surface area contributed by atoms with Crippen LogP contribution in [0.1, 0.15) is 27.2 Å². The molecule has 5 nitrogen and oxygen atoms in total. The zero-order chi connectivity index (χ0) is 11.2. The van der Waals surface area contributed by atoms with Gasteiger partial charge in [0.1, 0.15) is 11.7 Å². The Balaban J connectivity index is 1.84. The number of ether oxygens (including phenoxy) is 2. The molecule has 1 aliphatic carbocycles. The quantitative estimate of drug-likeness (QED) is 0.621. The summed E-state index contributed by atoms with van der Waals surface area (Å²) < 4.78 is 10.3. The number of amides is 1. The maximum atomic E-state index is 11.4. The van der Waals surface area contributed by atoms with E-state index in [1.54, 1.807) is 20.8 Å². The lowest BCUT2D eigenvalue weighted by Crippen LogP contribution is -2.46. The Labute approximate surface area is 88.7 Å². The monoisotopic (exact) mass is 215 g/mol. The number of fused-ring (bicyclic) bond motifs is 1. The first-order valence-electron chi connectivity index (χ1n) is 5.20. The van der Waals surface area contributed by atoms with Gasteiger partial charge in [-0.05, 0) is 20.8 Å². The minimum absolute atomic E-state index is 0.0208. The highest BCUT2D eigenvalue weighted by Crippen LogP contribution is 2.38. The number of alkyl carbamates (subject to hydrolysis) is 1. The summed E-state index contributed by atoms with van der Waals surface area (Å²) in [5.41, 5.74) is -0.516. The number of hydrogen-bond acceptors (Lipinski definition) is 4. The van der Waals surface area contributed by atoms with E-state index in [0.29, 0.717) is 6.42 Å². The minimum atomic E-state index is -0.516. The number of hydrogen-bond donors (Lipinski definition) is 2. The van der Waals surface area contributed by atoms with Crippen LogP contribution in [0.2, 0.25) is 0 Å². The normalized spacial score (nSPS) is 38.4. The standard InChI is InChI=1S/C10H17NO4/c1-10(2,3)15-9(13)11-7-5(12)4-6-8(7)14-6/h5-8,12H,4H2,1-3H3,(H,11,13)/t5-,6-,7+,8-/m1/s1. The molecule has 1 saturated heterocycles. The molecule has 2 rings (SSSR count). The smallest absolute Gasteiger partial charge is 0.408 e. The zero-order valence-electron chi connectivity index (χ0n) is 9.19. The first-order chi connectivity index (χ1) is 6.87. The molecule has 4 atom stereocenters. The van der Waals surface area contributed by atoms with Gasteiger partial charge < -0.3 is 19.9 Å². The molecule has 0 aromatic carbocycles.